The van der Waals surface area contributed by atoms with Crippen molar-refractivity contribution in [3.05, 3.63) is 88.6 Å². The summed E-state index contributed by atoms with van der Waals surface area (Å²) in [6.07, 6.45) is 1.40. The van der Waals surface area contributed by atoms with E-state index in [9.17, 15) is 4.79 Å². The summed E-state index contributed by atoms with van der Waals surface area (Å²) in [5, 5.41) is 4.26. The minimum Gasteiger partial charge on any atom is -0.439 e. The molecule has 0 atom stereocenters. The first-order chi connectivity index (χ1) is 13.8. The van der Waals surface area contributed by atoms with Gasteiger partial charge in [0.15, 0.2) is 0 Å². The van der Waals surface area contributed by atoms with E-state index in [1.807, 2.05) is 48.5 Å². The number of nitrogens with zero attached hydrogens (tertiary/aromatic N) is 1. The standard InChI is InChI=1S/C23H24ClN3O2/c1-23(2,15-26-13-16-5-3-4-6-20(16)24)18-8-10-19(11-9-18)29-21-12-7-17(14-27-21)22(25)28/h3-12,14,26H,13,15H2,1-2H3,(H2,25,28). The van der Waals surface area contributed by atoms with Gasteiger partial charge in [-0.2, -0.15) is 0 Å². The highest BCUT2D eigenvalue weighted by Crippen LogP contribution is 2.27. The first kappa shape index (κ1) is 20.8. The lowest BCUT2D eigenvalue weighted by atomic mass is 9.84. The first-order valence-corrected chi connectivity index (χ1v) is 9.71. The van der Waals surface area contributed by atoms with Crippen LogP contribution in [0.25, 0.3) is 0 Å². The number of benzene rings is 2. The van der Waals surface area contributed by atoms with Crippen molar-refractivity contribution < 1.29 is 9.53 Å². The van der Waals surface area contributed by atoms with Crippen molar-refractivity contribution in [1.29, 1.82) is 0 Å². The maximum atomic E-state index is 11.1. The summed E-state index contributed by atoms with van der Waals surface area (Å²) < 4.78 is 5.74. The molecule has 6 heteroatoms. The predicted molar refractivity (Wildman–Crippen MR) is 115 cm³/mol. The molecular formula is C23H24ClN3O2. The molecule has 0 unspecified atom stereocenters. The van der Waals surface area contributed by atoms with Crippen LogP contribution in [0.15, 0.2) is 66.9 Å². The first-order valence-electron chi connectivity index (χ1n) is 9.33. The Hall–Kier alpha value is -2.89. The minimum atomic E-state index is -0.515. The number of aromatic nitrogens is 1. The minimum absolute atomic E-state index is 0.0683. The zero-order valence-corrected chi connectivity index (χ0v) is 17.2. The third kappa shape index (κ3) is 5.56. The molecule has 29 heavy (non-hydrogen) atoms. The molecule has 0 saturated heterocycles. The number of amides is 1. The van der Waals surface area contributed by atoms with E-state index >= 15 is 0 Å². The fourth-order valence-electron chi connectivity index (χ4n) is 2.93. The Morgan fingerprint density at radius 2 is 1.83 bits per heavy atom. The molecule has 1 aromatic heterocycles. The highest BCUT2D eigenvalue weighted by molar-refractivity contribution is 6.31. The van der Waals surface area contributed by atoms with Gasteiger partial charge in [0.25, 0.3) is 0 Å². The van der Waals surface area contributed by atoms with Gasteiger partial charge in [-0.3, -0.25) is 4.79 Å². The molecule has 3 rings (SSSR count). The highest BCUT2D eigenvalue weighted by Gasteiger charge is 2.20. The molecule has 0 aliphatic rings. The summed E-state index contributed by atoms with van der Waals surface area (Å²) in [6, 6.07) is 19.0. The largest absolute Gasteiger partial charge is 0.439 e. The molecule has 0 bridgehead atoms. The lowest BCUT2D eigenvalue weighted by Gasteiger charge is -2.26. The Morgan fingerprint density at radius 1 is 1.10 bits per heavy atom. The van der Waals surface area contributed by atoms with Gasteiger partial charge in [0, 0.05) is 35.8 Å². The number of carbonyl (C=O) groups is 1. The Morgan fingerprint density at radius 3 is 2.45 bits per heavy atom. The van der Waals surface area contributed by atoms with Crippen molar-refractivity contribution >= 4 is 17.5 Å². The molecule has 0 aliphatic carbocycles. The third-order valence-electron chi connectivity index (χ3n) is 4.72. The quantitative estimate of drug-likeness (QED) is 0.565. The lowest BCUT2D eigenvalue weighted by molar-refractivity contribution is 0.1000. The van der Waals surface area contributed by atoms with E-state index in [-0.39, 0.29) is 5.41 Å². The number of nitrogens with two attached hydrogens (primary N) is 1. The number of hydrogen-bond donors (Lipinski definition) is 2. The van der Waals surface area contributed by atoms with Crippen molar-refractivity contribution in [3.8, 4) is 11.6 Å². The lowest BCUT2D eigenvalue weighted by Crippen LogP contribution is -2.32. The van der Waals surface area contributed by atoms with E-state index in [2.05, 4.69) is 24.1 Å². The number of pyridine rings is 1. The number of carbonyl (C=O) groups excluding carboxylic acids is 1. The maximum Gasteiger partial charge on any atom is 0.250 e. The number of halogens is 1. The molecule has 3 aromatic rings. The van der Waals surface area contributed by atoms with Crippen LogP contribution in [0, 0.1) is 0 Å². The molecule has 150 valence electrons. The van der Waals surface area contributed by atoms with Crippen molar-refractivity contribution in [2.45, 2.75) is 25.8 Å². The summed E-state index contributed by atoms with van der Waals surface area (Å²) in [4.78, 5) is 15.2. The van der Waals surface area contributed by atoms with Gasteiger partial charge >= 0.3 is 0 Å². The number of primary amides is 1. The van der Waals surface area contributed by atoms with Gasteiger partial charge in [-0.25, -0.2) is 4.98 Å². The van der Waals surface area contributed by atoms with E-state index < -0.39 is 5.91 Å². The monoisotopic (exact) mass is 409 g/mol. The molecule has 1 amide bonds. The fraction of sp³-hybridized carbons (Fsp3) is 0.217. The molecule has 3 N–H and O–H groups in total. The van der Waals surface area contributed by atoms with Crippen molar-refractivity contribution in [1.82, 2.24) is 10.3 Å². The van der Waals surface area contributed by atoms with Crippen molar-refractivity contribution in [3.63, 3.8) is 0 Å². The number of nitrogens with one attached hydrogen (secondary N) is 1. The van der Waals surface area contributed by atoms with Gasteiger partial charge in [0.2, 0.25) is 11.8 Å². The Labute approximate surface area is 175 Å². The van der Waals surface area contributed by atoms with Crippen molar-refractivity contribution in [2.24, 2.45) is 5.73 Å². The predicted octanol–water partition coefficient (Wildman–Crippen LogP) is 4.69. The summed E-state index contributed by atoms with van der Waals surface area (Å²) >= 11 is 6.22. The van der Waals surface area contributed by atoms with Crippen LogP contribution in [-0.4, -0.2) is 17.4 Å². The van der Waals surface area contributed by atoms with E-state index in [0.717, 1.165) is 23.7 Å². The Bertz CT molecular complexity index is 970. The van der Waals surface area contributed by atoms with E-state index in [0.29, 0.717) is 17.2 Å². The van der Waals surface area contributed by atoms with Gasteiger partial charge in [-0.1, -0.05) is 55.8 Å². The number of rotatable bonds is 8. The van der Waals surface area contributed by atoms with Gasteiger partial charge in [-0.15, -0.1) is 0 Å². The van der Waals surface area contributed by atoms with Gasteiger partial charge < -0.3 is 15.8 Å². The Balaban J connectivity index is 1.59. The average molecular weight is 410 g/mol. The molecule has 0 aliphatic heterocycles. The van der Waals surface area contributed by atoms with Crippen LogP contribution in [0.2, 0.25) is 5.02 Å². The molecule has 0 radical (unpaired) electrons. The third-order valence-corrected chi connectivity index (χ3v) is 5.09. The summed E-state index contributed by atoms with van der Waals surface area (Å²) in [6.45, 7) is 5.89. The van der Waals surface area contributed by atoms with Crippen LogP contribution in [0.3, 0.4) is 0 Å². The van der Waals surface area contributed by atoms with Gasteiger partial charge in [0.05, 0.1) is 5.56 Å². The van der Waals surface area contributed by atoms with Crippen LogP contribution < -0.4 is 15.8 Å². The second-order valence-electron chi connectivity index (χ2n) is 7.45. The summed E-state index contributed by atoms with van der Waals surface area (Å²) in [5.41, 5.74) is 7.77. The van der Waals surface area contributed by atoms with Crippen LogP contribution in [0.4, 0.5) is 0 Å². The normalized spacial score (nSPS) is 11.3. The number of hydrogen-bond acceptors (Lipinski definition) is 4. The topological polar surface area (TPSA) is 77.2 Å². The molecule has 0 fully saturated rings. The summed E-state index contributed by atoms with van der Waals surface area (Å²) in [5.74, 6) is 0.565. The molecular weight excluding hydrogens is 386 g/mol. The van der Waals surface area contributed by atoms with E-state index in [4.69, 9.17) is 22.1 Å². The zero-order chi connectivity index (χ0) is 20.9. The van der Waals surface area contributed by atoms with E-state index in [1.54, 1.807) is 12.1 Å². The summed E-state index contributed by atoms with van der Waals surface area (Å²) in [7, 11) is 0. The van der Waals surface area contributed by atoms with Crippen LogP contribution in [0.1, 0.15) is 35.3 Å². The zero-order valence-electron chi connectivity index (χ0n) is 16.5. The van der Waals surface area contributed by atoms with Gasteiger partial charge in [-0.05, 0) is 35.4 Å². The Kier molecular flexibility index (Phi) is 6.52. The average Bonchev–Trinajstić information content (AvgIpc) is 2.70. The number of ether oxygens (including phenoxy) is 1. The SMILES string of the molecule is CC(C)(CNCc1ccccc1Cl)c1ccc(Oc2ccc(C(N)=O)cn2)cc1. The molecule has 2 aromatic carbocycles. The highest BCUT2D eigenvalue weighted by atomic mass is 35.5. The molecule has 0 saturated carbocycles. The molecule has 1 heterocycles. The maximum absolute atomic E-state index is 11.1. The van der Waals surface area contributed by atoms with E-state index in [1.165, 1.54) is 11.8 Å². The second-order valence-corrected chi connectivity index (χ2v) is 7.86. The second kappa shape index (κ2) is 9.07. The van der Waals surface area contributed by atoms with Crippen LogP contribution >= 0.6 is 11.6 Å². The fourth-order valence-corrected chi connectivity index (χ4v) is 3.14. The molecule has 5 nitrogen and oxygen atoms in total. The van der Waals surface area contributed by atoms with Crippen LogP contribution in [0.5, 0.6) is 11.6 Å². The van der Waals surface area contributed by atoms with Gasteiger partial charge in [0.1, 0.15) is 5.75 Å². The van der Waals surface area contributed by atoms with Crippen molar-refractivity contribution in [2.75, 3.05) is 6.54 Å². The molecule has 0 spiro atoms. The smallest absolute Gasteiger partial charge is 0.250 e. The van der Waals surface area contributed by atoms with Crippen LogP contribution in [-0.2, 0) is 12.0 Å².